The van der Waals surface area contributed by atoms with Crippen LogP contribution in [0.25, 0.3) is 0 Å². The summed E-state index contributed by atoms with van der Waals surface area (Å²) in [5, 5.41) is 45.3. The predicted molar refractivity (Wildman–Crippen MR) is 111 cm³/mol. The summed E-state index contributed by atoms with van der Waals surface area (Å²) in [6.07, 6.45) is -5.03. The van der Waals surface area contributed by atoms with Gasteiger partial charge in [0, 0.05) is 12.4 Å². The van der Waals surface area contributed by atoms with Crippen molar-refractivity contribution in [3.63, 3.8) is 0 Å². The van der Waals surface area contributed by atoms with Crippen molar-refractivity contribution in [2.75, 3.05) is 19.0 Å². The molecule has 0 bridgehead atoms. The van der Waals surface area contributed by atoms with Crippen molar-refractivity contribution in [2.24, 2.45) is 11.2 Å². The molecule has 2 aliphatic rings. The number of hydrogen-bond donors (Lipinski definition) is 4. The maximum Gasteiger partial charge on any atom is 0.345 e. The summed E-state index contributed by atoms with van der Waals surface area (Å²) in [4.78, 5) is 24.8. The van der Waals surface area contributed by atoms with Crippen LogP contribution in [-0.4, -0.2) is 98.4 Å². The van der Waals surface area contributed by atoms with Crippen LogP contribution >= 0.6 is 11.6 Å². The van der Waals surface area contributed by atoms with Crippen molar-refractivity contribution < 1.29 is 34.7 Å². The molecule has 12 heteroatoms. The van der Waals surface area contributed by atoms with Gasteiger partial charge in [-0.15, -0.1) is 16.5 Å². The third-order valence-corrected chi connectivity index (χ3v) is 5.69. The second kappa shape index (κ2) is 12.2. The Labute approximate surface area is 186 Å². The second-order valence-corrected chi connectivity index (χ2v) is 8.85. The number of urea groups is 1. The van der Waals surface area contributed by atoms with Crippen molar-refractivity contribution in [1.82, 2.24) is 9.91 Å². The molecule has 180 valence electrons. The average Bonchev–Trinajstić information content (AvgIpc) is 2.75. The first-order chi connectivity index (χ1) is 14.7. The highest BCUT2D eigenvalue weighted by Crippen LogP contribution is 2.30. The number of halogens is 1. The molecule has 0 aromatic heterocycles. The molecule has 1 aliphatic heterocycles. The normalized spacial score (nSPS) is 30.8. The van der Waals surface area contributed by atoms with Crippen molar-refractivity contribution in [1.29, 1.82) is 0 Å². The Kier molecular flexibility index (Phi) is 10.3. The van der Waals surface area contributed by atoms with Crippen LogP contribution in [0.1, 0.15) is 46.0 Å². The summed E-state index contributed by atoms with van der Waals surface area (Å²) in [7, 11) is 0. The second-order valence-electron chi connectivity index (χ2n) is 8.47. The van der Waals surface area contributed by atoms with Gasteiger partial charge in [-0.25, -0.2) is 4.79 Å². The van der Waals surface area contributed by atoms with Crippen molar-refractivity contribution in [2.45, 2.75) is 89.0 Å². The van der Waals surface area contributed by atoms with Gasteiger partial charge >= 0.3 is 6.03 Å². The van der Waals surface area contributed by atoms with Crippen LogP contribution in [0.4, 0.5) is 4.79 Å². The van der Waals surface area contributed by atoms with Gasteiger partial charge in [-0.3, -0.25) is 4.90 Å². The lowest BCUT2D eigenvalue weighted by Crippen LogP contribution is -2.65. The van der Waals surface area contributed by atoms with Crippen LogP contribution in [0.2, 0.25) is 0 Å². The minimum Gasteiger partial charge on any atom is -0.387 e. The molecule has 4 N–H and O–H groups in total. The molecule has 2 amide bonds. The zero-order valence-corrected chi connectivity index (χ0v) is 18.7. The van der Waals surface area contributed by atoms with Gasteiger partial charge in [-0.1, -0.05) is 33.1 Å². The highest BCUT2D eigenvalue weighted by molar-refractivity contribution is 6.18. The number of nitrogens with zero attached hydrogens (tertiary/aromatic N) is 3. The van der Waals surface area contributed by atoms with E-state index in [1.807, 2.05) is 0 Å². The van der Waals surface area contributed by atoms with Crippen LogP contribution in [0.3, 0.4) is 0 Å². The molecule has 1 aliphatic carbocycles. The van der Waals surface area contributed by atoms with Crippen LogP contribution in [0.15, 0.2) is 5.29 Å². The van der Waals surface area contributed by atoms with Crippen molar-refractivity contribution in [3.05, 3.63) is 4.91 Å². The maximum absolute atomic E-state index is 12.8. The Bertz CT molecular complexity index is 580. The average molecular weight is 468 g/mol. The first kappa shape index (κ1) is 26.2. The molecule has 1 heterocycles. The lowest BCUT2D eigenvalue weighted by molar-refractivity contribution is -0.328. The maximum atomic E-state index is 12.8. The van der Waals surface area contributed by atoms with E-state index in [0.717, 1.165) is 37.0 Å². The molecule has 0 aromatic carbocycles. The van der Waals surface area contributed by atoms with E-state index in [2.05, 4.69) is 5.29 Å². The third kappa shape index (κ3) is 6.70. The monoisotopic (exact) mass is 467 g/mol. The predicted octanol–water partition coefficient (Wildman–Crippen LogP) is 0.762. The van der Waals surface area contributed by atoms with Gasteiger partial charge < -0.3 is 29.9 Å². The quantitative estimate of drug-likeness (QED) is 0.168. The summed E-state index contributed by atoms with van der Waals surface area (Å²) in [6, 6.07) is -0.919. The number of amides is 2. The minimum atomic E-state index is -1.75. The Balaban J connectivity index is 2.20. The van der Waals surface area contributed by atoms with E-state index < -0.39 is 43.0 Å². The van der Waals surface area contributed by atoms with Gasteiger partial charge in [-0.05, 0) is 18.8 Å². The highest BCUT2D eigenvalue weighted by atomic mass is 35.5. The van der Waals surface area contributed by atoms with Crippen LogP contribution in [0.5, 0.6) is 0 Å². The number of alkyl halides is 1. The largest absolute Gasteiger partial charge is 0.387 e. The first-order valence-corrected chi connectivity index (χ1v) is 11.2. The standard InChI is InChI=1S/C19H34ClN3O8/c1-11(2)10-22(19(28)23(21-29)9-8-20)17(27)16-14(25)13(24)15(26)18(31-16)30-12-6-4-3-5-7-12/h11-18,24-27H,3-10H2,1-2H3/t13-,14-,15+,16-,17?,18-/m0/s1. The number of aliphatic hydroxyl groups is 4. The number of nitroso groups, excluding NO2 is 1. The number of aliphatic hydroxyl groups excluding tert-OH is 4. The van der Waals surface area contributed by atoms with Gasteiger partial charge in [0.25, 0.3) is 0 Å². The van der Waals surface area contributed by atoms with Gasteiger partial charge in [0.2, 0.25) is 0 Å². The molecule has 2 fully saturated rings. The van der Waals surface area contributed by atoms with Crippen molar-refractivity contribution in [3.8, 4) is 0 Å². The summed E-state index contributed by atoms with van der Waals surface area (Å²) >= 11 is 5.61. The van der Waals surface area contributed by atoms with E-state index in [0.29, 0.717) is 5.01 Å². The SMILES string of the molecule is CC(C)CN(C(=O)N(CCCl)N=O)C(O)[C@H]1O[C@H](OC2CCCCC2)[C@H](O)[C@@H](O)[C@@H]1O. The summed E-state index contributed by atoms with van der Waals surface area (Å²) < 4.78 is 11.5. The van der Waals surface area contributed by atoms with E-state index in [1.54, 1.807) is 13.8 Å². The summed E-state index contributed by atoms with van der Waals surface area (Å²) in [5.41, 5.74) is 0. The number of rotatable bonds is 9. The zero-order chi connectivity index (χ0) is 23.1. The minimum absolute atomic E-state index is 0.00762. The number of carbonyl (C=O) groups is 1. The fourth-order valence-electron chi connectivity index (χ4n) is 3.89. The fourth-order valence-corrected chi connectivity index (χ4v) is 4.05. The van der Waals surface area contributed by atoms with E-state index in [-0.39, 0.29) is 31.0 Å². The topological polar surface area (TPSA) is 152 Å². The Hall–Kier alpha value is -1.08. The fraction of sp³-hybridized carbons (Fsp3) is 0.947. The smallest absolute Gasteiger partial charge is 0.345 e. The molecule has 0 spiro atoms. The lowest BCUT2D eigenvalue weighted by atomic mass is 9.95. The molecular weight excluding hydrogens is 434 g/mol. The molecule has 6 atom stereocenters. The lowest BCUT2D eigenvalue weighted by Gasteiger charge is -2.45. The molecule has 0 aromatic rings. The molecule has 1 unspecified atom stereocenters. The molecule has 2 rings (SSSR count). The summed E-state index contributed by atoms with van der Waals surface area (Å²) in [5.74, 6) is -0.165. The Morgan fingerprint density at radius 3 is 2.35 bits per heavy atom. The summed E-state index contributed by atoms with van der Waals surface area (Å²) in [6.45, 7) is 3.42. The Morgan fingerprint density at radius 2 is 1.81 bits per heavy atom. The molecule has 1 saturated carbocycles. The van der Waals surface area contributed by atoms with Crippen LogP contribution < -0.4 is 0 Å². The number of carbonyl (C=O) groups excluding carboxylic acids is 1. The Morgan fingerprint density at radius 1 is 1.16 bits per heavy atom. The van der Waals surface area contributed by atoms with Gasteiger partial charge in [0.1, 0.15) is 24.4 Å². The molecular formula is C19H34ClN3O8. The van der Waals surface area contributed by atoms with Crippen molar-refractivity contribution >= 4 is 17.6 Å². The molecule has 11 nitrogen and oxygen atoms in total. The van der Waals surface area contributed by atoms with E-state index >= 15 is 0 Å². The third-order valence-electron chi connectivity index (χ3n) is 5.52. The van der Waals surface area contributed by atoms with Crippen LogP contribution in [0, 0.1) is 10.8 Å². The van der Waals surface area contributed by atoms with Gasteiger partial charge in [0.15, 0.2) is 12.5 Å². The number of ether oxygens (including phenoxy) is 2. The number of hydrogen-bond acceptors (Lipinski definition) is 9. The zero-order valence-electron chi connectivity index (χ0n) is 17.9. The van der Waals surface area contributed by atoms with E-state index in [4.69, 9.17) is 21.1 Å². The molecule has 0 radical (unpaired) electrons. The van der Waals surface area contributed by atoms with Gasteiger partial charge in [0.05, 0.1) is 17.9 Å². The molecule has 31 heavy (non-hydrogen) atoms. The molecule has 1 saturated heterocycles. The first-order valence-electron chi connectivity index (χ1n) is 10.7. The highest BCUT2D eigenvalue weighted by Gasteiger charge is 2.50. The van der Waals surface area contributed by atoms with Gasteiger partial charge in [-0.2, -0.15) is 5.01 Å². The van der Waals surface area contributed by atoms with E-state index in [9.17, 15) is 30.1 Å². The van der Waals surface area contributed by atoms with Crippen LogP contribution in [-0.2, 0) is 9.47 Å². The van der Waals surface area contributed by atoms with E-state index in [1.165, 1.54) is 0 Å².